The lowest BCUT2D eigenvalue weighted by molar-refractivity contribution is 0.00132. The first-order valence-electron chi connectivity index (χ1n) is 13.4. The summed E-state index contributed by atoms with van der Waals surface area (Å²) in [4.78, 5) is 17.7. The first kappa shape index (κ1) is 27.9. The van der Waals surface area contributed by atoms with E-state index in [-0.39, 0.29) is 17.3 Å². The molecule has 0 amide bonds. The second-order valence-electron chi connectivity index (χ2n) is 10.9. The highest BCUT2D eigenvalue weighted by Gasteiger charge is 2.35. The molecular weight excluding hydrogens is 522 g/mol. The van der Waals surface area contributed by atoms with E-state index in [1.165, 1.54) is 26.2 Å². The molecule has 2 saturated heterocycles. The molecule has 0 radical (unpaired) electrons. The number of sulfonamides is 1. The van der Waals surface area contributed by atoms with Crippen molar-refractivity contribution in [1.29, 1.82) is 0 Å². The van der Waals surface area contributed by atoms with Gasteiger partial charge in [-0.1, -0.05) is 0 Å². The minimum atomic E-state index is -3.49. The number of carbonyl (C=O) groups is 1. The summed E-state index contributed by atoms with van der Waals surface area (Å²) in [6.45, 7) is 5.51. The van der Waals surface area contributed by atoms with E-state index in [2.05, 4.69) is 9.80 Å². The highest BCUT2D eigenvalue weighted by molar-refractivity contribution is 7.89. The smallest absolute Gasteiger partial charge is 0.242 e. The van der Waals surface area contributed by atoms with E-state index in [9.17, 15) is 18.3 Å². The first-order chi connectivity index (χ1) is 18.7. The number of nitrogens with zero attached hydrogens (tertiary/aromatic N) is 3. The Bertz CT molecular complexity index is 1250. The summed E-state index contributed by atoms with van der Waals surface area (Å²) < 4.78 is 42.5. The number of piperidine rings is 2. The van der Waals surface area contributed by atoms with Crippen LogP contribution < -0.4 is 14.2 Å². The van der Waals surface area contributed by atoms with Crippen molar-refractivity contribution in [2.24, 2.45) is 11.8 Å². The molecule has 3 unspecified atom stereocenters. The van der Waals surface area contributed by atoms with E-state index in [1.807, 2.05) is 12.1 Å². The number of ketones is 1. The summed E-state index contributed by atoms with van der Waals surface area (Å²) in [7, 11) is -0.510. The van der Waals surface area contributed by atoms with Crippen LogP contribution in [0, 0.1) is 11.8 Å². The van der Waals surface area contributed by atoms with Crippen LogP contribution >= 0.6 is 0 Å². The first-order valence-corrected chi connectivity index (χ1v) is 14.8. The van der Waals surface area contributed by atoms with Crippen LogP contribution in [-0.4, -0.2) is 113 Å². The molecule has 0 spiro atoms. The van der Waals surface area contributed by atoms with Gasteiger partial charge in [-0.25, -0.2) is 12.7 Å². The van der Waals surface area contributed by atoms with Crippen molar-refractivity contribution in [3.05, 3.63) is 48.0 Å². The summed E-state index contributed by atoms with van der Waals surface area (Å²) in [6.07, 6.45) is 0.474. The van der Waals surface area contributed by atoms with Crippen molar-refractivity contribution in [2.45, 2.75) is 17.4 Å². The summed E-state index contributed by atoms with van der Waals surface area (Å²) in [5, 5.41) is 10.6. The molecule has 5 rings (SSSR count). The van der Waals surface area contributed by atoms with E-state index in [1.54, 1.807) is 18.2 Å². The van der Waals surface area contributed by atoms with Gasteiger partial charge < -0.3 is 19.3 Å². The van der Waals surface area contributed by atoms with Gasteiger partial charge in [-0.3, -0.25) is 14.6 Å². The maximum atomic E-state index is 13.0. The van der Waals surface area contributed by atoms with Crippen LogP contribution in [0.4, 0.5) is 0 Å². The number of benzene rings is 2. The topological polar surface area (TPSA) is 109 Å². The van der Waals surface area contributed by atoms with Gasteiger partial charge in [0.15, 0.2) is 17.3 Å². The number of carbonyl (C=O) groups excluding carboxylic acids is 1. The molecule has 1 N–H and O–H groups in total. The fourth-order valence-corrected chi connectivity index (χ4v) is 6.65. The predicted molar refractivity (Wildman–Crippen MR) is 145 cm³/mol. The number of β-amino-alcohol motifs (C(OH)–C–C–N with tert-alkyl or cyclic N) is 1. The van der Waals surface area contributed by atoms with Gasteiger partial charge >= 0.3 is 0 Å². The molecule has 2 fully saturated rings. The number of fused-ring (bicyclic) bond motifs is 3. The fraction of sp³-hybridized carbons (Fsp3) is 0.536. The minimum Gasteiger partial charge on any atom is -0.491 e. The SMILES string of the molecule is CN(C)S(=O)(=O)c1ccc(OCC(O)CN2CC3CC(CN(CC(=O)c4ccc5c(c4)OCCO5)C3)C2)cc1. The average molecular weight is 560 g/mol. The van der Waals surface area contributed by atoms with E-state index in [0.717, 1.165) is 36.9 Å². The van der Waals surface area contributed by atoms with Gasteiger partial charge in [0.05, 0.1) is 11.4 Å². The Labute approximate surface area is 230 Å². The van der Waals surface area contributed by atoms with Crippen molar-refractivity contribution in [3.8, 4) is 17.2 Å². The molecule has 39 heavy (non-hydrogen) atoms. The van der Waals surface area contributed by atoms with Gasteiger partial charge in [0.2, 0.25) is 10.0 Å². The molecule has 3 aliphatic heterocycles. The third-order valence-electron chi connectivity index (χ3n) is 7.48. The maximum Gasteiger partial charge on any atom is 0.242 e. The van der Waals surface area contributed by atoms with Crippen LogP contribution in [0.2, 0.25) is 0 Å². The molecule has 10 nitrogen and oxygen atoms in total. The zero-order chi connectivity index (χ0) is 27.6. The van der Waals surface area contributed by atoms with Crippen LogP contribution in [0.1, 0.15) is 16.8 Å². The lowest BCUT2D eigenvalue weighted by atomic mass is 9.84. The number of ether oxygens (including phenoxy) is 3. The highest BCUT2D eigenvalue weighted by atomic mass is 32.2. The van der Waals surface area contributed by atoms with Crippen LogP contribution in [0.25, 0.3) is 0 Å². The van der Waals surface area contributed by atoms with Gasteiger partial charge in [0.25, 0.3) is 0 Å². The van der Waals surface area contributed by atoms with Gasteiger partial charge in [-0.05, 0) is 60.7 Å². The van der Waals surface area contributed by atoms with Crippen molar-refractivity contribution in [1.82, 2.24) is 14.1 Å². The highest BCUT2D eigenvalue weighted by Crippen LogP contribution is 2.32. The minimum absolute atomic E-state index is 0.0868. The van der Waals surface area contributed by atoms with Crippen LogP contribution in [-0.2, 0) is 10.0 Å². The van der Waals surface area contributed by atoms with Crippen LogP contribution in [0.5, 0.6) is 17.2 Å². The number of hydrogen-bond donors (Lipinski definition) is 1. The van der Waals surface area contributed by atoms with Crippen molar-refractivity contribution < 1.29 is 32.5 Å². The molecule has 3 heterocycles. The number of rotatable bonds is 10. The zero-order valence-electron chi connectivity index (χ0n) is 22.5. The lowest BCUT2D eigenvalue weighted by Crippen LogP contribution is -2.54. The molecule has 212 valence electrons. The molecule has 2 aromatic carbocycles. The largest absolute Gasteiger partial charge is 0.491 e. The second kappa shape index (κ2) is 11.8. The lowest BCUT2D eigenvalue weighted by Gasteiger charge is -2.46. The Hall–Kier alpha value is -2.70. The summed E-state index contributed by atoms with van der Waals surface area (Å²) >= 11 is 0. The van der Waals surface area contributed by atoms with Crippen LogP contribution in [0.3, 0.4) is 0 Å². The molecule has 0 aromatic heterocycles. The quantitative estimate of drug-likeness (QED) is 0.434. The molecule has 3 atom stereocenters. The molecular formula is C28H37N3O7S. The zero-order valence-corrected chi connectivity index (χ0v) is 23.3. The van der Waals surface area contributed by atoms with E-state index < -0.39 is 16.1 Å². The third kappa shape index (κ3) is 6.72. The average Bonchev–Trinajstić information content (AvgIpc) is 2.91. The summed E-state index contributed by atoms with van der Waals surface area (Å²) in [6, 6.07) is 11.6. The van der Waals surface area contributed by atoms with Gasteiger partial charge in [0.1, 0.15) is 31.7 Å². The Morgan fingerprint density at radius 1 is 1.00 bits per heavy atom. The van der Waals surface area contributed by atoms with Gasteiger partial charge in [-0.2, -0.15) is 0 Å². The standard InChI is InChI=1S/C28H37N3O7S/c1-29(2)39(34,35)25-6-4-24(5-7-25)38-19-23(32)17-30-13-20-11-21(14-30)16-31(15-20)18-26(33)22-3-8-27-28(12-22)37-10-9-36-27/h3-8,12,20-21,23,32H,9-11,13-19H2,1-2H3. The van der Waals surface area contributed by atoms with Crippen molar-refractivity contribution in [2.75, 3.05) is 73.2 Å². The number of hydrogen-bond acceptors (Lipinski definition) is 9. The molecule has 0 saturated carbocycles. The van der Waals surface area contributed by atoms with Gasteiger partial charge in [-0.15, -0.1) is 0 Å². The third-order valence-corrected chi connectivity index (χ3v) is 9.31. The molecule has 2 bridgehead atoms. The monoisotopic (exact) mass is 559 g/mol. The number of likely N-dealkylation sites (tertiary alicyclic amines) is 2. The molecule has 3 aliphatic rings. The van der Waals surface area contributed by atoms with Gasteiger partial charge in [0, 0.05) is 52.4 Å². The summed E-state index contributed by atoms with van der Waals surface area (Å²) in [5.41, 5.74) is 0.647. The normalized spacial score (nSPS) is 22.5. The Balaban J connectivity index is 1.07. The number of aliphatic hydroxyl groups excluding tert-OH is 1. The Morgan fingerprint density at radius 3 is 2.31 bits per heavy atom. The number of aliphatic hydroxyl groups is 1. The maximum absolute atomic E-state index is 13.0. The second-order valence-corrected chi connectivity index (χ2v) is 13.0. The van der Waals surface area contributed by atoms with E-state index in [4.69, 9.17) is 14.2 Å². The predicted octanol–water partition coefficient (Wildman–Crippen LogP) is 1.58. The molecule has 0 aliphatic carbocycles. The Kier molecular flexibility index (Phi) is 8.43. The van der Waals surface area contributed by atoms with Crippen molar-refractivity contribution in [3.63, 3.8) is 0 Å². The number of Topliss-reactive ketones (excluding diaryl/α,β-unsaturated/α-hetero) is 1. The molecule has 2 aromatic rings. The van der Waals surface area contributed by atoms with Crippen LogP contribution in [0.15, 0.2) is 47.4 Å². The Morgan fingerprint density at radius 2 is 1.64 bits per heavy atom. The van der Waals surface area contributed by atoms with E-state index >= 15 is 0 Å². The molecule has 11 heteroatoms. The summed E-state index contributed by atoms with van der Waals surface area (Å²) in [5.74, 6) is 2.82. The van der Waals surface area contributed by atoms with E-state index in [0.29, 0.717) is 61.0 Å². The fourth-order valence-electron chi connectivity index (χ4n) is 5.75. The van der Waals surface area contributed by atoms with Crippen molar-refractivity contribution >= 4 is 15.8 Å².